The molecule has 2 heteroatoms. The number of hydrogen-bond acceptors (Lipinski definition) is 2. The number of hydrazine groups is 1. The fourth-order valence-electron chi connectivity index (χ4n) is 1.91. The highest BCUT2D eigenvalue weighted by molar-refractivity contribution is 4.76. The van der Waals surface area contributed by atoms with Gasteiger partial charge in [0.05, 0.1) is 0 Å². The molecule has 0 heterocycles. The van der Waals surface area contributed by atoms with Gasteiger partial charge in [0.2, 0.25) is 0 Å². The van der Waals surface area contributed by atoms with Gasteiger partial charge in [-0.05, 0) is 37.0 Å². The van der Waals surface area contributed by atoms with E-state index in [0.29, 0.717) is 17.4 Å². The maximum atomic E-state index is 5.64. The Morgan fingerprint density at radius 2 is 1.88 bits per heavy atom. The van der Waals surface area contributed by atoms with Gasteiger partial charge in [0, 0.05) is 6.04 Å². The van der Waals surface area contributed by atoms with Crippen molar-refractivity contribution in [1.29, 1.82) is 0 Å². The van der Waals surface area contributed by atoms with Crippen LogP contribution in [0.4, 0.5) is 0 Å². The van der Waals surface area contributed by atoms with E-state index in [0.717, 1.165) is 6.42 Å². The minimum absolute atomic E-state index is 0.373. The second kappa shape index (κ2) is 8.71. The number of unbranched alkanes of at least 4 members (excludes halogenated alkanes) is 3. The van der Waals surface area contributed by atoms with E-state index in [9.17, 15) is 0 Å². The van der Waals surface area contributed by atoms with Crippen LogP contribution in [0.2, 0.25) is 0 Å². The molecular weight excluding hydrogens is 208 g/mol. The first-order valence-electron chi connectivity index (χ1n) is 6.98. The van der Waals surface area contributed by atoms with Crippen LogP contribution in [0.15, 0.2) is 12.7 Å². The lowest BCUT2D eigenvalue weighted by Gasteiger charge is -2.30. The number of rotatable bonds is 9. The molecule has 17 heavy (non-hydrogen) atoms. The topological polar surface area (TPSA) is 38.0 Å². The molecule has 3 N–H and O–H groups in total. The molecule has 0 aromatic heterocycles. The Balaban J connectivity index is 3.80. The Morgan fingerprint density at radius 3 is 2.35 bits per heavy atom. The van der Waals surface area contributed by atoms with Crippen molar-refractivity contribution in [3.63, 3.8) is 0 Å². The molecule has 2 unspecified atom stereocenters. The third-order valence-electron chi connectivity index (χ3n) is 3.81. The standard InChI is InChI=1S/C15H32N2/c1-6-7-8-9-10-11-14(17-16)12-13(2)15(3,4)5/h6,13-14,17H,1,7-12,16H2,2-5H3. The molecule has 0 aliphatic carbocycles. The molecule has 0 aliphatic heterocycles. The van der Waals surface area contributed by atoms with Crippen molar-refractivity contribution in [2.45, 2.75) is 72.3 Å². The van der Waals surface area contributed by atoms with Gasteiger partial charge in [-0.15, -0.1) is 6.58 Å². The lowest BCUT2D eigenvalue weighted by Crippen LogP contribution is -2.38. The summed E-state index contributed by atoms with van der Waals surface area (Å²) >= 11 is 0. The van der Waals surface area contributed by atoms with E-state index in [1.54, 1.807) is 0 Å². The predicted molar refractivity (Wildman–Crippen MR) is 77.6 cm³/mol. The molecule has 0 aromatic carbocycles. The van der Waals surface area contributed by atoms with Gasteiger partial charge in [-0.2, -0.15) is 0 Å². The normalized spacial score (nSPS) is 15.6. The van der Waals surface area contributed by atoms with Crippen LogP contribution in [0.1, 0.15) is 66.2 Å². The zero-order chi connectivity index (χ0) is 13.3. The van der Waals surface area contributed by atoms with Crippen molar-refractivity contribution in [2.75, 3.05) is 0 Å². The van der Waals surface area contributed by atoms with E-state index in [1.807, 2.05) is 6.08 Å². The third kappa shape index (κ3) is 8.39. The highest BCUT2D eigenvalue weighted by Crippen LogP contribution is 2.29. The second-order valence-electron chi connectivity index (χ2n) is 6.29. The largest absolute Gasteiger partial charge is 0.271 e. The average molecular weight is 240 g/mol. The smallest absolute Gasteiger partial charge is 0.0213 e. The van der Waals surface area contributed by atoms with Crippen molar-refractivity contribution in [3.05, 3.63) is 12.7 Å². The molecule has 0 spiro atoms. The summed E-state index contributed by atoms with van der Waals surface area (Å²) in [6.07, 6.45) is 9.30. The molecule has 0 bridgehead atoms. The van der Waals surface area contributed by atoms with Gasteiger partial charge in [-0.3, -0.25) is 11.3 Å². The minimum Gasteiger partial charge on any atom is -0.271 e. The number of hydrogen-bond donors (Lipinski definition) is 2. The van der Waals surface area contributed by atoms with Gasteiger partial charge in [-0.25, -0.2) is 0 Å². The molecule has 0 amide bonds. The zero-order valence-electron chi connectivity index (χ0n) is 12.3. The maximum absolute atomic E-state index is 5.64. The molecule has 0 rings (SSSR count). The Bertz CT molecular complexity index is 194. The molecule has 0 aromatic rings. The molecule has 0 radical (unpaired) electrons. The summed E-state index contributed by atoms with van der Waals surface area (Å²) in [6.45, 7) is 13.0. The summed E-state index contributed by atoms with van der Waals surface area (Å²) in [5.74, 6) is 6.33. The Labute approximate surface area is 108 Å². The van der Waals surface area contributed by atoms with E-state index < -0.39 is 0 Å². The van der Waals surface area contributed by atoms with Crippen LogP contribution in [-0.4, -0.2) is 6.04 Å². The molecular formula is C15H32N2. The van der Waals surface area contributed by atoms with Crippen LogP contribution >= 0.6 is 0 Å². The number of allylic oxidation sites excluding steroid dienone is 1. The van der Waals surface area contributed by atoms with Gasteiger partial charge >= 0.3 is 0 Å². The Hall–Kier alpha value is -0.340. The Kier molecular flexibility index (Phi) is 8.53. The van der Waals surface area contributed by atoms with Gasteiger partial charge in [0.25, 0.3) is 0 Å². The maximum Gasteiger partial charge on any atom is 0.0213 e. The van der Waals surface area contributed by atoms with Crippen LogP contribution in [0.5, 0.6) is 0 Å². The quantitative estimate of drug-likeness (QED) is 0.276. The van der Waals surface area contributed by atoms with Gasteiger partial charge < -0.3 is 0 Å². The highest BCUT2D eigenvalue weighted by atomic mass is 15.2. The summed E-state index contributed by atoms with van der Waals surface area (Å²) in [4.78, 5) is 0. The summed E-state index contributed by atoms with van der Waals surface area (Å²) in [6, 6.07) is 0.466. The molecule has 0 aliphatic rings. The van der Waals surface area contributed by atoms with Crippen LogP contribution in [0.25, 0.3) is 0 Å². The van der Waals surface area contributed by atoms with E-state index >= 15 is 0 Å². The zero-order valence-corrected chi connectivity index (χ0v) is 12.3. The predicted octanol–water partition coefficient (Wildman–Crippen LogP) is 4.03. The first kappa shape index (κ1) is 16.7. The van der Waals surface area contributed by atoms with E-state index in [4.69, 9.17) is 5.84 Å². The minimum atomic E-state index is 0.373. The number of nitrogens with two attached hydrogens (primary N) is 1. The van der Waals surface area contributed by atoms with Crippen LogP contribution in [0, 0.1) is 11.3 Å². The summed E-state index contributed by atoms with van der Waals surface area (Å²) in [5, 5.41) is 0. The Morgan fingerprint density at radius 1 is 1.24 bits per heavy atom. The molecule has 2 nitrogen and oxygen atoms in total. The summed E-state index contributed by atoms with van der Waals surface area (Å²) < 4.78 is 0. The fourth-order valence-corrected chi connectivity index (χ4v) is 1.91. The lowest BCUT2D eigenvalue weighted by molar-refractivity contribution is 0.218. The van der Waals surface area contributed by atoms with Gasteiger partial charge in [-0.1, -0.05) is 46.6 Å². The SMILES string of the molecule is C=CCCCCCC(CC(C)C(C)(C)C)NN. The van der Waals surface area contributed by atoms with Crippen molar-refractivity contribution in [1.82, 2.24) is 5.43 Å². The molecule has 0 saturated heterocycles. The summed E-state index contributed by atoms with van der Waals surface area (Å²) in [5.41, 5.74) is 3.35. The number of nitrogens with one attached hydrogen (secondary N) is 1. The van der Waals surface area contributed by atoms with Crippen molar-refractivity contribution < 1.29 is 0 Å². The van der Waals surface area contributed by atoms with Crippen LogP contribution in [0.3, 0.4) is 0 Å². The molecule has 2 atom stereocenters. The average Bonchev–Trinajstić information content (AvgIpc) is 2.25. The van der Waals surface area contributed by atoms with Crippen molar-refractivity contribution in [2.24, 2.45) is 17.2 Å². The van der Waals surface area contributed by atoms with Crippen molar-refractivity contribution in [3.8, 4) is 0 Å². The van der Waals surface area contributed by atoms with Gasteiger partial charge in [0.1, 0.15) is 0 Å². The molecule has 0 saturated carbocycles. The monoisotopic (exact) mass is 240 g/mol. The first-order valence-corrected chi connectivity index (χ1v) is 6.98. The summed E-state index contributed by atoms with van der Waals surface area (Å²) in [7, 11) is 0. The van der Waals surface area contributed by atoms with Crippen LogP contribution in [-0.2, 0) is 0 Å². The van der Waals surface area contributed by atoms with E-state index in [1.165, 1.54) is 32.1 Å². The molecule has 102 valence electrons. The van der Waals surface area contributed by atoms with E-state index in [-0.39, 0.29) is 0 Å². The third-order valence-corrected chi connectivity index (χ3v) is 3.81. The second-order valence-corrected chi connectivity index (χ2v) is 6.29. The first-order chi connectivity index (χ1) is 7.91. The molecule has 0 fully saturated rings. The van der Waals surface area contributed by atoms with Gasteiger partial charge in [0.15, 0.2) is 0 Å². The van der Waals surface area contributed by atoms with Crippen LogP contribution < -0.4 is 11.3 Å². The highest BCUT2D eigenvalue weighted by Gasteiger charge is 2.22. The fraction of sp³-hybridized carbons (Fsp3) is 0.867. The van der Waals surface area contributed by atoms with E-state index in [2.05, 4.69) is 39.7 Å². The lowest BCUT2D eigenvalue weighted by atomic mass is 9.78. The van der Waals surface area contributed by atoms with Crippen molar-refractivity contribution >= 4 is 0 Å².